The molecule has 0 aliphatic carbocycles. The summed E-state index contributed by atoms with van der Waals surface area (Å²) >= 11 is 0. The minimum Gasteiger partial charge on any atom is -0.459 e. The minimum absolute atomic E-state index is 0.152. The van der Waals surface area contributed by atoms with E-state index in [1.54, 1.807) is 0 Å². The number of esters is 1. The summed E-state index contributed by atoms with van der Waals surface area (Å²) in [7, 11) is 0. The smallest absolute Gasteiger partial charge is 0.325 e. The van der Waals surface area contributed by atoms with Crippen molar-refractivity contribution in [2.24, 2.45) is 0 Å². The van der Waals surface area contributed by atoms with E-state index < -0.39 is 11.6 Å². The summed E-state index contributed by atoms with van der Waals surface area (Å²) in [5.41, 5.74) is 0.150. The maximum Gasteiger partial charge on any atom is 0.325 e. The van der Waals surface area contributed by atoms with E-state index in [0.29, 0.717) is 0 Å². The molecule has 4 nitrogen and oxygen atoms in total. The Hall–Kier alpha value is -1.39. The van der Waals surface area contributed by atoms with Crippen molar-refractivity contribution in [3.63, 3.8) is 0 Å². The lowest BCUT2D eigenvalue weighted by atomic mass is 9.93. The lowest BCUT2D eigenvalue weighted by Gasteiger charge is -2.38. The zero-order valence-corrected chi connectivity index (χ0v) is 17.4. The standard InChI is InChI=1S/C21H36N2O2/c1-19(2,3)22-16(15-13-11-10-12-14-15)17(23-20(4,5)6)18(24)25-21(7,8)9/h10-14,16-17,22-23H,1-9H3/t16-,17+/m1/s1. The van der Waals surface area contributed by atoms with E-state index in [1.807, 2.05) is 51.1 Å². The van der Waals surface area contributed by atoms with Gasteiger partial charge in [-0.3, -0.25) is 10.1 Å². The molecule has 25 heavy (non-hydrogen) atoms. The zero-order chi connectivity index (χ0) is 19.5. The van der Waals surface area contributed by atoms with E-state index >= 15 is 0 Å². The summed E-state index contributed by atoms with van der Waals surface area (Å²) in [6.07, 6.45) is 0. The lowest BCUT2D eigenvalue weighted by molar-refractivity contribution is -0.159. The van der Waals surface area contributed by atoms with Gasteiger partial charge >= 0.3 is 5.97 Å². The predicted octanol–water partition coefficient (Wildman–Crippen LogP) is 4.21. The zero-order valence-electron chi connectivity index (χ0n) is 17.4. The molecule has 0 aliphatic heterocycles. The van der Waals surface area contributed by atoms with E-state index in [1.165, 1.54) is 0 Å². The van der Waals surface area contributed by atoms with Gasteiger partial charge in [-0.1, -0.05) is 30.3 Å². The highest BCUT2D eigenvalue weighted by molar-refractivity contribution is 5.77. The Balaban J connectivity index is 3.29. The molecule has 0 spiro atoms. The quantitative estimate of drug-likeness (QED) is 0.783. The van der Waals surface area contributed by atoms with Crippen molar-refractivity contribution >= 4 is 5.97 Å². The summed E-state index contributed by atoms with van der Waals surface area (Å²) in [6, 6.07) is 9.37. The van der Waals surface area contributed by atoms with Crippen molar-refractivity contribution < 1.29 is 9.53 Å². The Morgan fingerprint density at radius 1 is 0.840 bits per heavy atom. The minimum atomic E-state index is -0.530. The Morgan fingerprint density at radius 3 is 1.72 bits per heavy atom. The number of nitrogens with one attached hydrogen (secondary N) is 2. The first-order chi connectivity index (χ1) is 11.2. The van der Waals surface area contributed by atoms with Crippen LogP contribution in [0.1, 0.15) is 73.9 Å². The topological polar surface area (TPSA) is 50.4 Å². The third-order valence-corrected chi connectivity index (χ3v) is 3.33. The van der Waals surface area contributed by atoms with Gasteiger partial charge in [-0.25, -0.2) is 0 Å². The first-order valence-electron chi connectivity index (χ1n) is 9.01. The Labute approximate surface area is 153 Å². The Bertz CT molecular complexity index is 548. The molecule has 2 N–H and O–H groups in total. The van der Waals surface area contributed by atoms with Crippen LogP contribution in [0.2, 0.25) is 0 Å². The number of carbonyl (C=O) groups excluding carboxylic acids is 1. The molecule has 0 radical (unpaired) electrons. The average molecular weight is 349 g/mol. The summed E-state index contributed by atoms with van der Waals surface area (Å²) in [5, 5.41) is 7.06. The van der Waals surface area contributed by atoms with Gasteiger partial charge < -0.3 is 10.1 Å². The molecule has 1 aromatic rings. The molecule has 0 bridgehead atoms. The van der Waals surface area contributed by atoms with E-state index in [2.05, 4.69) is 52.2 Å². The van der Waals surface area contributed by atoms with Crippen molar-refractivity contribution in [2.45, 2.75) is 91.1 Å². The fourth-order valence-corrected chi connectivity index (χ4v) is 2.60. The first kappa shape index (κ1) is 21.7. The SMILES string of the molecule is CC(C)(C)N[C@H](C(=O)OC(C)(C)C)[C@H](NC(C)(C)C)c1ccccc1. The maximum atomic E-state index is 13.0. The summed E-state index contributed by atoms with van der Waals surface area (Å²) < 4.78 is 5.72. The van der Waals surface area contributed by atoms with Crippen LogP contribution in [-0.4, -0.2) is 28.7 Å². The highest BCUT2D eigenvalue weighted by atomic mass is 16.6. The number of hydrogen-bond donors (Lipinski definition) is 2. The van der Waals surface area contributed by atoms with Crippen LogP contribution in [0.15, 0.2) is 30.3 Å². The third-order valence-electron chi connectivity index (χ3n) is 3.33. The van der Waals surface area contributed by atoms with Gasteiger partial charge in [0.25, 0.3) is 0 Å². The van der Waals surface area contributed by atoms with Gasteiger partial charge in [0.05, 0.1) is 6.04 Å². The second kappa shape index (κ2) is 7.88. The van der Waals surface area contributed by atoms with Crippen molar-refractivity contribution in [3.05, 3.63) is 35.9 Å². The number of rotatable bonds is 5. The van der Waals surface area contributed by atoms with Crippen molar-refractivity contribution in [3.8, 4) is 0 Å². The first-order valence-corrected chi connectivity index (χ1v) is 9.01. The summed E-state index contributed by atoms with van der Waals surface area (Å²) in [4.78, 5) is 13.0. The molecule has 1 rings (SSSR count). The molecule has 0 saturated heterocycles. The molecule has 0 aliphatic rings. The van der Waals surface area contributed by atoms with Gasteiger partial charge in [0.2, 0.25) is 0 Å². The van der Waals surface area contributed by atoms with Crippen LogP contribution in [0.25, 0.3) is 0 Å². The van der Waals surface area contributed by atoms with Crippen LogP contribution in [0.5, 0.6) is 0 Å². The van der Waals surface area contributed by atoms with Crippen LogP contribution < -0.4 is 10.6 Å². The Morgan fingerprint density at radius 2 is 1.32 bits per heavy atom. The number of benzene rings is 1. The van der Waals surface area contributed by atoms with Crippen molar-refractivity contribution in [1.29, 1.82) is 0 Å². The highest BCUT2D eigenvalue weighted by Gasteiger charge is 2.37. The highest BCUT2D eigenvalue weighted by Crippen LogP contribution is 2.24. The normalized spacial score (nSPS) is 15.6. The molecular weight excluding hydrogens is 312 g/mol. The van der Waals surface area contributed by atoms with Gasteiger partial charge in [0.15, 0.2) is 0 Å². The van der Waals surface area contributed by atoms with E-state index in [-0.39, 0.29) is 23.1 Å². The number of hydrogen-bond acceptors (Lipinski definition) is 4. The summed E-state index contributed by atoms with van der Waals surface area (Å²) in [6.45, 7) is 18.2. The number of carbonyl (C=O) groups is 1. The molecular formula is C21H36N2O2. The number of ether oxygens (including phenoxy) is 1. The van der Waals surface area contributed by atoms with Gasteiger partial charge in [0, 0.05) is 11.1 Å². The largest absolute Gasteiger partial charge is 0.459 e. The molecule has 0 amide bonds. The molecule has 2 atom stereocenters. The molecule has 0 saturated carbocycles. The van der Waals surface area contributed by atoms with E-state index in [9.17, 15) is 4.79 Å². The maximum absolute atomic E-state index is 13.0. The van der Waals surface area contributed by atoms with E-state index in [4.69, 9.17) is 4.74 Å². The van der Waals surface area contributed by atoms with Crippen LogP contribution in [0.4, 0.5) is 0 Å². The third kappa shape index (κ3) is 8.50. The fourth-order valence-electron chi connectivity index (χ4n) is 2.60. The monoisotopic (exact) mass is 348 g/mol. The van der Waals surface area contributed by atoms with Crippen LogP contribution in [0, 0.1) is 0 Å². The van der Waals surface area contributed by atoms with Gasteiger partial charge in [-0.2, -0.15) is 0 Å². The molecule has 0 heterocycles. The molecule has 4 heteroatoms. The molecule has 0 unspecified atom stereocenters. The van der Waals surface area contributed by atoms with Gasteiger partial charge in [-0.05, 0) is 67.9 Å². The van der Waals surface area contributed by atoms with Gasteiger partial charge in [0.1, 0.15) is 11.6 Å². The summed E-state index contributed by atoms with van der Waals surface area (Å²) in [5.74, 6) is -0.243. The van der Waals surface area contributed by atoms with E-state index in [0.717, 1.165) is 5.56 Å². The van der Waals surface area contributed by atoms with Crippen LogP contribution >= 0.6 is 0 Å². The molecule has 1 aromatic carbocycles. The van der Waals surface area contributed by atoms with Crippen LogP contribution in [0.3, 0.4) is 0 Å². The molecule has 142 valence electrons. The van der Waals surface area contributed by atoms with Crippen molar-refractivity contribution in [2.75, 3.05) is 0 Å². The second-order valence-electron chi connectivity index (χ2n) is 9.69. The average Bonchev–Trinajstić information content (AvgIpc) is 2.39. The van der Waals surface area contributed by atoms with Crippen LogP contribution in [-0.2, 0) is 9.53 Å². The van der Waals surface area contributed by atoms with Gasteiger partial charge in [-0.15, -0.1) is 0 Å². The second-order valence-corrected chi connectivity index (χ2v) is 9.69. The fraction of sp³-hybridized carbons (Fsp3) is 0.667. The van der Waals surface area contributed by atoms with Crippen molar-refractivity contribution in [1.82, 2.24) is 10.6 Å². The predicted molar refractivity (Wildman–Crippen MR) is 105 cm³/mol. The molecule has 0 fully saturated rings. The Kier molecular flexibility index (Phi) is 6.82. The lowest BCUT2D eigenvalue weighted by Crippen LogP contribution is -2.57. The molecule has 0 aromatic heterocycles.